The first kappa shape index (κ1) is 24.5. The molecule has 0 saturated heterocycles. The van der Waals surface area contributed by atoms with Crippen LogP contribution in [0, 0.1) is 0 Å². The molecule has 3 aromatic carbocycles. The van der Waals surface area contributed by atoms with E-state index in [0.29, 0.717) is 38.1 Å². The van der Waals surface area contributed by atoms with E-state index >= 15 is 0 Å². The van der Waals surface area contributed by atoms with Crippen molar-refractivity contribution < 1.29 is 9.47 Å². The fourth-order valence-electron chi connectivity index (χ4n) is 3.04. The van der Waals surface area contributed by atoms with E-state index in [1.807, 2.05) is 24.3 Å². The molecule has 3 rings (SSSR count). The molecule has 8 heteroatoms. The van der Waals surface area contributed by atoms with Crippen LogP contribution in [0.15, 0.2) is 53.0 Å². The Morgan fingerprint density at radius 2 is 1.65 bits per heavy atom. The van der Waals surface area contributed by atoms with Crippen LogP contribution in [0.5, 0.6) is 11.5 Å². The minimum absolute atomic E-state index is 0.221. The molecule has 1 N–H and O–H groups in total. The molecule has 0 unspecified atom stereocenters. The Balaban J connectivity index is 1.72. The summed E-state index contributed by atoms with van der Waals surface area (Å²) < 4.78 is 12.6. The minimum Gasteiger partial charge on any atom is -0.493 e. The molecule has 0 radical (unpaired) electrons. The molecule has 0 bridgehead atoms. The standard InChI is InChI=1S/C23H20BrCl4NO2/c1-30-22-8-7-18(24)16(12-29-10-9-14-5-6-15(25)11-21(14)28)23(22)31-13-17-19(26)3-2-4-20(17)27/h2-8,11,29H,9-10,12-13H2,1H3. The lowest BCUT2D eigenvalue weighted by Gasteiger charge is -2.18. The molecule has 31 heavy (non-hydrogen) atoms. The third-order valence-electron chi connectivity index (χ3n) is 4.70. The van der Waals surface area contributed by atoms with E-state index in [2.05, 4.69) is 21.2 Å². The number of benzene rings is 3. The maximum Gasteiger partial charge on any atom is 0.167 e. The van der Waals surface area contributed by atoms with E-state index in [9.17, 15) is 0 Å². The van der Waals surface area contributed by atoms with Gasteiger partial charge in [-0.2, -0.15) is 0 Å². The van der Waals surface area contributed by atoms with Gasteiger partial charge < -0.3 is 14.8 Å². The molecule has 0 atom stereocenters. The highest BCUT2D eigenvalue weighted by molar-refractivity contribution is 9.10. The first-order valence-electron chi connectivity index (χ1n) is 9.46. The molecule has 0 amide bonds. The number of rotatable bonds is 9. The Kier molecular flexibility index (Phi) is 9.20. The fraction of sp³-hybridized carbons (Fsp3) is 0.217. The first-order chi connectivity index (χ1) is 14.9. The summed E-state index contributed by atoms with van der Waals surface area (Å²) in [7, 11) is 1.61. The number of hydrogen-bond donors (Lipinski definition) is 1. The van der Waals surface area contributed by atoms with Crippen molar-refractivity contribution in [2.75, 3.05) is 13.7 Å². The molecule has 3 aromatic rings. The Morgan fingerprint density at radius 1 is 0.903 bits per heavy atom. The van der Waals surface area contributed by atoms with Crippen molar-refractivity contribution in [2.24, 2.45) is 0 Å². The zero-order chi connectivity index (χ0) is 22.4. The van der Waals surface area contributed by atoms with Crippen molar-refractivity contribution in [3.8, 4) is 11.5 Å². The normalized spacial score (nSPS) is 10.9. The van der Waals surface area contributed by atoms with Crippen molar-refractivity contribution in [3.63, 3.8) is 0 Å². The minimum atomic E-state index is 0.221. The molecule has 0 spiro atoms. The van der Waals surface area contributed by atoms with E-state index in [4.69, 9.17) is 55.9 Å². The van der Waals surface area contributed by atoms with E-state index in [1.165, 1.54) is 0 Å². The van der Waals surface area contributed by atoms with Gasteiger partial charge in [0.2, 0.25) is 0 Å². The predicted molar refractivity (Wildman–Crippen MR) is 133 cm³/mol. The Bertz CT molecular complexity index is 1040. The van der Waals surface area contributed by atoms with E-state index in [-0.39, 0.29) is 6.61 Å². The summed E-state index contributed by atoms with van der Waals surface area (Å²) in [6, 6.07) is 14.7. The summed E-state index contributed by atoms with van der Waals surface area (Å²) in [5, 5.41) is 5.84. The molecule has 0 aliphatic rings. The van der Waals surface area contributed by atoms with Crippen LogP contribution >= 0.6 is 62.3 Å². The largest absolute Gasteiger partial charge is 0.493 e. The van der Waals surface area contributed by atoms with Gasteiger partial charge in [-0.1, -0.05) is 74.5 Å². The van der Waals surface area contributed by atoms with Gasteiger partial charge in [-0.05, 0) is 54.9 Å². The van der Waals surface area contributed by atoms with Crippen LogP contribution in [0.4, 0.5) is 0 Å². The second kappa shape index (κ2) is 11.6. The molecule has 0 aromatic heterocycles. The molecule has 3 nitrogen and oxygen atoms in total. The highest BCUT2D eigenvalue weighted by Gasteiger charge is 2.16. The monoisotopic (exact) mass is 561 g/mol. The predicted octanol–water partition coefficient (Wildman–Crippen LogP) is 7.98. The molecular weight excluding hydrogens is 544 g/mol. The number of halogens is 5. The Morgan fingerprint density at radius 3 is 2.32 bits per heavy atom. The fourth-order valence-corrected chi connectivity index (χ4v) is 4.50. The van der Waals surface area contributed by atoms with Gasteiger partial charge in [-0.25, -0.2) is 0 Å². The lowest BCUT2D eigenvalue weighted by molar-refractivity contribution is 0.280. The second-order valence-corrected chi connectivity index (χ2v) is 9.22. The number of methoxy groups -OCH3 is 1. The number of nitrogens with one attached hydrogen (secondary N) is 1. The van der Waals surface area contributed by atoms with Crippen LogP contribution in [0.3, 0.4) is 0 Å². The summed E-state index contributed by atoms with van der Waals surface area (Å²) in [5.41, 5.74) is 2.70. The van der Waals surface area contributed by atoms with Crippen molar-refractivity contribution >= 4 is 62.3 Å². The summed E-state index contributed by atoms with van der Waals surface area (Å²) in [5.74, 6) is 1.26. The molecule has 0 heterocycles. The van der Waals surface area contributed by atoms with Crippen LogP contribution in [0.25, 0.3) is 0 Å². The average Bonchev–Trinajstić information content (AvgIpc) is 2.73. The van der Waals surface area contributed by atoms with Crippen molar-refractivity contribution in [1.29, 1.82) is 0 Å². The Hall–Kier alpha value is -1.14. The van der Waals surface area contributed by atoms with Gasteiger partial charge in [0.25, 0.3) is 0 Å². The van der Waals surface area contributed by atoms with Gasteiger partial charge in [-0.15, -0.1) is 0 Å². The van der Waals surface area contributed by atoms with Gasteiger partial charge in [-0.3, -0.25) is 0 Å². The zero-order valence-corrected chi connectivity index (χ0v) is 21.3. The molecule has 164 valence electrons. The SMILES string of the molecule is COc1ccc(Br)c(CNCCc2ccc(Cl)cc2Cl)c1OCc1c(Cl)cccc1Cl. The first-order valence-corrected chi connectivity index (χ1v) is 11.8. The van der Waals surface area contributed by atoms with Crippen LogP contribution < -0.4 is 14.8 Å². The van der Waals surface area contributed by atoms with E-state index in [1.54, 1.807) is 31.4 Å². The summed E-state index contributed by atoms with van der Waals surface area (Å²) >= 11 is 28.4. The number of hydrogen-bond acceptors (Lipinski definition) is 3. The van der Waals surface area contributed by atoms with E-state index in [0.717, 1.165) is 34.1 Å². The quantitative estimate of drug-likeness (QED) is 0.268. The lowest BCUT2D eigenvalue weighted by atomic mass is 10.1. The van der Waals surface area contributed by atoms with Crippen LogP contribution in [-0.2, 0) is 19.6 Å². The third kappa shape index (κ3) is 6.44. The van der Waals surface area contributed by atoms with Gasteiger partial charge in [0.05, 0.1) is 7.11 Å². The van der Waals surface area contributed by atoms with Crippen LogP contribution in [-0.4, -0.2) is 13.7 Å². The average molecular weight is 564 g/mol. The highest BCUT2D eigenvalue weighted by atomic mass is 79.9. The maximum atomic E-state index is 6.29. The van der Waals surface area contributed by atoms with Crippen molar-refractivity contribution in [3.05, 3.63) is 89.8 Å². The van der Waals surface area contributed by atoms with Crippen LogP contribution in [0.2, 0.25) is 20.1 Å². The zero-order valence-electron chi connectivity index (χ0n) is 16.7. The maximum absolute atomic E-state index is 6.29. The van der Waals surface area contributed by atoms with Gasteiger partial charge in [0, 0.05) is 42.2 Å². The van der Waals surface area contributed by atoms with Crippen molar-refractivity contribution in [1.82, 2.24) is 5.32 Å². The summed E-state index contributed by atoms with van der Waals surface area (Å²) in [6.07, 6.45) is 0.767. The van der Waals surface area contributed by atoms with Crippen LogP contribution in [0.1, 0.15) is 16.7 Å². The smallest absolute Gasteiger partial charge is 0.167 e. The molecular formula is C23H20BrCl4NO2. The molecule has 0 fully saturated rings. The van der Waals surface area contributed by atoms with Gasteiger partial charge in [0.15, 0.2) is 11.5 Å². The summed E-state index contributed by atoms with van der Waals surface area (Å²) in [6.45, 7) is 1.51. The topological polar surface area (TPSA) is 30.5 Å². The second-order valence-electron chi connectivity index (χ2n) is 6.71. The van der Waals surface area contributed by atoms with Crippen molar-refractivity contribution in [2.45, 2.75) is 19.6 Å². The highest BCUT2D eigenvalue weighted by Crippen LogP contribution is 2.37. The van der Waals surface area contributed by atoms with Gasteiger partial charge in [0.1, 0.15) is 6.61 Å². The molecule has 0 saturated carbocycles. The molecule has 0 aliphatic heterocycles. The van der Waals surface area contributed by atoms with E-state index < -0.39 is 0 Å². The molecule has 0 aliphatic carbocycles. The third-order valence-corrected chi connectivity index (χ3v) is 6.74. The Labute approximate surface area is 210 Å². The van der Waals surface area contributed by atoms with Gasteiger partial charge >= 0.3 is 0 Å². The number of ether oxygens (including phenoxy) is 2. The summed E-state index contributed by atoms with van der Waals surface area (Å²) in [4.78, 5) is 0. The lowest BCUT2D eigenvalue weighted by Crippen LogP contribution is -2.18.